The van der Waals surface area contributed by atoms with Crippen molar-refractivity contribution in [3.8, 4) is 11.5 Å². The van der Waals surface area contributed by atoms with Crippen LogP contribution in [0, 0.1) is 0 Å². The van der Waals surface area contributed by atoms with Crippen molar-refractivity contribution in [3.63, 3.8) is 0 Å². The molecule has 1 rings (SSSR count). The molecule has 3 N–H and O–H groups in total. The predicted octanol–water partition coefficient (Wildman–Crippen LogP) is 1.88. The summed E-state index contributed by atoms with van der Waals surface area (Å²) in [6, 6.07) is 2.91. The van der Waals surface area contributed by atoms with Gasteiger partial charge in [0.1, 0.15) is 0 Å². The van der Waals surface area contributed by atoms with Gasteiger partial charge in [0.15, 0.2) is 11.5 Å². The molecule has 0 fully saturated rings. The maximum atomic E-state index is 10.5. The number of carbonyl (C=O) groups is 2. The van der Waals surface area contributed by atoms with Gasteiger partial charge in [0.2, 0.25) is 0 Å². The summed E-state index contributed by atoms with van der Waals surface area (Å²) in [5, 5.41) is 25.4. The number of rotatable bonds is 3. The Labute approximate surface area is 112 Å². The first kappa shape index (κ1) is 16.2. The number of phenolic OH excluding ortho intramolecular Hbond substituents is 1. The summed E-state index contributed by atoms with van der Waals surface area (Å²) in [6.07, 6.45) is -0.141. The first-order chi connectivity index (χ1) is 8.27. The number of halogens is 1. The van der Waals surface area contributed by atoms with Crippen molar-refractivity contribution in [2.45, 2.75) is 13.3 Å². The van der Waals surface area contributed by atoms with E-state index in [4.69, 9.17) is 19.7 Å². The van der Waals surface area contributed by atoms with Crippen molar-refractivity contribution < 1.29 is 29.6 Å². The Morgan fingerprint density at radius 1 is 1.33 bits per heavy atom. The number of methoxy groups -OCH3 is 1. The number of aliphatic carboxylic acids is 2. The number of phenols is 1. The van der Waals surface area contributed by atoms with Gasteiger partial charge in [-0.2, -0.15) is 0 Å². The van der Waals surface area contributed by atoms with Crippen molar-refractivity contribution in [1.82, 2.24) is 0 Å². The van der Waals surface area contributed by atoms with Gasteiger partial charge in [-0.15, -0.1) is 0 Å². The van der Waals surface area contributed by atoms with E-state index in [9.17, 15) is 9.90 Å². The number of hydrogen-bond donors (Lipinski definition) is 3. The topological polar surface area (TPSA) is 104 Å². The first-order valence-corrected chi connectivity index (χ1v) is 5.54. The zero-order valence-electron chi connectivity index (χ0n) is 9.81. The third kappa shape index (κ3) is 6.09. The second-order valence-electron chi connectivity index (χ2n) is 3.20. The van der Waals surface area contributed by atoms with E-state index in [0.717, 1.165) is 6.92 Å². The zero-order valence-corrected chi connectivity index (χ0v) is 11.4. The average molecular weight is 321 g/mol. The second kappa shape index (κ2) is 7.54. The molecule has 0 aliphatic carbocycles. The molecule has 7 heteroatoms. The van der Waals surface area contributed by atoms with Crippen LogP contribution in [0.2, 0.25) is 0 Å². The highest BCUT2D eigenvalue weighted by Gasteiger charge is 2.10. The van der Waals surface area contributed by atoms with Gasteiger partial charge in [-0.3, -0.25) is 9.59 Å². The Morgan fingerprint density at radius 2 is 1.83 bits per heavy atom. The van der Waals surface area contributed by atoms with Gasteiger partial charge < -0.3 is 20.1 Å². The van der Waals surface area contributed by atoms with Crippen molar-refractivity contribution in [1.29, 1.82) is 0 Å². The largest absolute Gasteiger partial charge is 0.504 e. The van der Waals surface area contributed by atoms with E-state index >= 15 is 0 Å². The summed E-state index contributed by atoms with van der Waals surface area (Å²) in [5.74, 6) is -1.53. The lowest BCUT2D eigenvalue weighted by atomic mass is 10.1. The zero-order chi connectivity index (χ0) is 14.3. The monoisotopic (exact) mass is 320 g/mol. The minimum Gasteiger partial charge on any atom is -0.504 e. The van der Waals surface area contributed by atoms with Gasteiger partial charge in [0.25, 0.3) is 5.97 Å². The Hall–Kier alpha value is -1.76. The van der Waals surface area contributed by atoms with Crippen LogP contribution in [-0.2, 0) is 16.0 Å². The molecule has 18 heavy (non-hydrogen) atoms. The lowest BCUT2D eigenvalue weighted by Crippen LogP contribution is -2.01. The minimum absolute atomic E-state index is 0.0630. The van der Waals surface area contributed by atoms with Crippen LogP contribution in [0.1, 0.15) is 12.5 Å². The summed E-state index contributed by atoms with van der Waals surface area (Å²) in [5.41, 5.74) is 0.510. The number of carboxylic acids is 2. The van der Waals surface area contributed by atoms with Gasteiger partial charge in [-0.25, -0.2) is 0 Å². The molecule has 0 saturated carbocycles. The maximum Gasteiger partial charge on any atom is 0.307 e. The third-order valence-electron chi connectivity index (χ3n) is 1.69. The molecule has 0 aliphatic rings. The second-order valence-corrected chi connectivity index (χ2v) is 4.06. The van der Waals surface area contributed by atoms with E-state index in [1.54, 1.807) is 0 Å². The molecule has 0 spiro atoms. The molecule has 1 aromatic rings. The molecular weight excluding hydrogens is 308 g/mol. The maximum absolute atomic E-state index is 10.5. The quantitative estimate of drug-likeness (QED) is 0.785. The van der Waals surface area contributed by atoms with Gasteiger partial charge in [0.05, 0.1) is 13.5 Å². The minimum atomic E-state index is -0.949. The normalized spacial score (nSPS) is 9.06. The van der Waals surface area contributed by atoms with Gasteiger partial charge in [-0.05, 0) is 17.7 Å². The Kier molecular flexibility index (Phi) is 6.81. The summed E-state index contributed by atoms with van der Waals surface area (Å²) >= 11 is 3.20. The van der Waals surface area contributed by atoms with Crippen LogP contribution in [0.15, 0.2) is 16.6 Å². The third-order valence-corrected chi connectivity index (χ3v) is 2.43. The molecule has 0 saturated heterocycles. The van der Waals surface area contributed by atoms with Crippen LogP contribution >= 0.6 is 15.9 Å². The van der Waals surface area contributed by atoms with E-state index in [1.165, 1.54) is 19.2 Å². The molecule has 0 heterocycles. The lowest BCUT2D eigenvalue weighted by molar-refractivity contribution is -0.136. The van der Waals surface area contributed by atoms with Crippen LogP contribution in [0.4, 0.5) is 0 Å². The lowest BCUT2D eigenvalue weighted by Gasteiger charge is -2.07. The number of carboxylic acid groups (broad SMARTS) is 2. The molecule has 100 valence electrons. The summed E-state index contributed by atoms with van der Waals surface area (Å²) in [4.78, 5) is 19.5. The Balaban J connectivity index is 0.000000631. The van der Waals surface area contributed by atoms with Crippen molar-refractivity contribution in [3.05, 3.63) is 22.2 Å². The van der Waals surface area contributed by atoms with E-state index in [0.29, 0.717) is 15.8 Å². The van der Waals surface area contributed by atoms with E-state index in [2.05, 4.69) is 15.9 Å². The highest BCUT2D eigenvalue weighted by Crippen LogP contribution is 2.32. The molecule has 0 atom stereocenters. The molecule has 0 radical (unpaired) electrons. The van der Waals surface area contributed by atoms with Crippen LogP contribution in [0.25, 0.3) is 0 Å². The van der Waals surface area contributed by atoms with Crippen LogP contribution in [0.3, 0.4) is 0 Å². The van der Waals surface area contributed by atoms with E-state index in [1.807, 2.05) is 0 Å². The molecule has 0 aliphatic heterocycles. The number of ether oxygens (including phenoxy) is 1. The molecule has 1 aromatic carbocycles. The molecule has 6 nitrogen and oxygen atoms in total. The van der Waals surface area contributed by atoms with E-state index < -0.39 is 11.9 Å². The Morgan fingerprint density at radius 3 is 2.22 bits per heavy atom. The SMILES string of the molecule is CC(=O)O.COc1cc(Br)c(CC(=O)O)cc1O. The fourth-order valence-electron chi connectivity index (χ4n) is 1.05. The van der Waals surface area contributed by atoms with Crippen LogP contribution in [-0.4, -0.2) is 34.4 Å². The number of hydrogen-bond acceptors (Lipinski definition) is 4. The number of benzene rings is 1. The van der Waals surface area contributed by atoms with Gasteiger partial charge in [-0.1, -0.05) is 15.9 Å². The van der Waals surface area contributed by atoms with Gasteiger partial charge in [0, 0.05) is 11.4 Å². The summed E-state index contributed by atoms with van der Waals surface area (Å²) < 4.78 is 5.46. The highest BCUT2D eigenvalue weighted by molar-refractivity contribution is 9.10. The predicted molar refractivity (Wildman–Crippen MR) is 67.0 cm³/mol. The van der Waals surface area contributed by atoms with Gasteiger partial charge >= 0.3 is 5.97 Å². The Bertz CT molecular complexity index is 439. The first-order valence-electron chi connectivity index (χ1n) is 4.74. The molecule has 0 amide bonds. The van der Waals surface area contributed by atoms with E-state index in [-0.39, 0.29) is 12.2 Å². The summed E-state index contributed by atoms with van der Waals surface area (Å²) in [7, 11) is 1.43. The van der Waals surface area contributed by atoms with Crippen molar-refractivity contribution in [2.75, 3.05) is 7.11 Å². The van der Waals surface area contributed by atoms with Crippen molar-refractivity contribution in [2.24, 2.45) is 0 Å². The standard InChI is InChI=1S/C9H9BrO4.C2H4O2/c1-14-8-4-6(10)5(2-7(8)11)3-9(12)13;1-2(3)4/h2,4,11H,3H2,1H3,(H,12,13);1H3,(H,3,4). The fraction of sp³-hybridized carbons (Fsp3) is 0.273. The summed E-state index contributed by atoms with van der Waals surface area (Å²) in [6.45, 7) is 1.08. The molecule has 0 aromatic heterocycles. The smallest absolute Gasteiger partial charge is 0.307 e. The van der Waals surface area contributed by atoms with Crippen molar-refractivity contribution >= 4 is 27.9 Å². The highest BCUT2D eigenvalue weighted by atomic mass is 79.9. The fourth-order valence-corrected chi connectivity index (χ4v) is 1.51. The molecule has 0 bridgehead atoms. The number of aromatic hydroxyl groups is 1. The molecular formula is C11H13BrO6. The van der Waals surface area contributed by atoms with Crippen LogP contribution in [0.5, 0.6) is 11.5 Å². The molecule has 0 unspecified atom stereocenters. The average Bonchev–Trinajstić information content (AvgIpc) is 2.21. The van der Waals surface area contributed by atoms with Crippen LogP contribution < -0.4 is 4.74 Å².